The lowest BCUT2D eigenvalue weighted by Crippen LogP contribution is -2.11. The van der Waals surface area contributed by atoms with E-state index in [-0.39, 0.29) is 5.82 Å². The molecule has 1 heterocycles. The Hall–Kier alpha value is -2.96. The van der Waals surface area contributed by atoms with E-state index < -0.39 is 0 Å². The Balaban J connectivity index is 1.66. The molecule has 2 aromatic carbocycles. The van der Waals surface area contributed by atoms with Gasteiger partial charge < -0.3 is 10.5 Å². The van der Waals surface area contributed by atoms with Crippen LogP contribution in [0.3, 0.4) is 0 Å². The van der Waals surface area contributed by atoms with Crippen molar-refractivity contribution in [3.05, 3.63) is 54.3 Å². The van der Waals surface area contributed by atoms with E-state index in [1.165, 1.54) is 12.1 Å². The number of benzene rings is 2. The molecule has 0 radical (unpaired) electrons. The first-order chi connectivity index (χ1) is 10.7. The highest BCUT2D eigenvalue weighted by Crippen LogP contribution is 2.17. The van der Waals surface area contributed by atoms with Crippen molar-refractivity contribution in [1.82, 2.24) is 20.2 Å². The van der Waals surface area contributed by atoms with Gasteiger partial charge in [-0.2, -0.15) is 0 Å². The molecule has 0 unspecified atom stereocenters. The first-order valence-corrected chi connectivity index (χ1v) is 6.73. The number of nitrogen functional groups attached to an aromatic ring is 1. The summed E-state index contributed by atoms with van der Waals surface area (Å²) in [6.45, 7) is 0.858. The Bertz CT molecular complexity index is 757. The van der Waals surface area contributed by atoms with Crippen molar-refractivity contribution in [3.63, 3.8) is 0 Å². The van der Waals surface area contributed by atoms with Crippen LogP contribution in [0, 0.1) is 5.82 Å². The maximum atomic E-state index is 13.0. The van der Waals surface area contributed by atoms with E-state index in [0.29, 0.717) is 30.4 Å². The highest BCUT2D eigenvalue weighted by molar-refractivity contribution is 5.54. The highest BCUT2D eigenvalue weighted by Gasteiger charge is 2.09. The second kappa shape index (κ2) is 6.21. The van der Waals surface area contributed by atoms with E-state index in [2.05, 4.69) is 15.5 Å². The van der Waals surface area contributed by atoms with Gasteiger partial charge >= 0.3 is 0 Å². The molecule has 0 amide bonds. The van der Waals surface area contributed by atoms with E-state index in [0.717, 1.165) is 5.56 Å². The second-order valence-corrected chi connectivity index (χ2v) is 4.65. The molecule has 2 N–H and O–H groups in total. The van der Waals surface area contributed by atoms with Crippen LogP contribution in [0.4, 0.5) is 10.1 Å². The lowest BCUT2D eigenvalue weighted by molar-refractivity contribution is 0.291. The molecule has 0 saturated carbocycles. The van der Waals surface area contributed by atoms with Crippen LogP contribution in [-0.4, -0.2) is 26.8 Å². The third-order valence-electron chi connectivity index (χ3n) is 3.06. The first-order valence-electron chi connectivity index (χ1n) is 6.73. The van der Waals surface area contributed by atoms with Gasteiger partial charge in [-0.15, -0.1) is 5.10 Å². The minimum Gasteiger partial charge on any atom is -0.492 e. The maximum Gasteiger partial charge on any atom is 0.182 e. The molecule has 7 heteroatoms. The maximum absolute atomic E-state index is 13.0. The van der Waals surface area contributed by atoms with Crippen LogP contribution in [0.25, 0.3) is 11.4 Å². The zero-order valence-corrected chi connectivity index (χ0v) is 11.7. The zero-order valence-electron chi connectivity index (χ0n) is 11.7. The number of nitrogens with two attached hydrogens (primary N) is 1. The third-order valence-corrected chi connectivity index (χ3v) is 3.06. The summed E-state index contributed by atoms with van der Waals surface area (Å²) >= 11 is 0. The molecule has 0 aliphatic carbocycles. The molecule has 3 aromatic rings. The minimum atomic E-state index is -0.298. The number of halogens is 1. The number of aromatic nitrogens is 4. The average Bonchev–Trinajstić information content (AvgIpc) is 2.97. The number of ether oxygens (including phenoxy) is 1. The molecule has 0 bridgehead atoms. The molecule has 0 fully saturated rings. The molecule has 0 aliphatic rings. The quantitative estimate of drug-likeness (QED) is 0.730. The van der Waals surface area contributed by atoms with Crippen molar-refractivity contribution in [2.24, 2.45) is 0 Å². The van der Waals surface area contributed by atoms with Gasteiger partial charge in [0.1, 0.15) is 18.2 Å². The Morgan fingerprint density at radius 3 is 2.73 bits per heavy atom. The largest absolute Gasteiger partial charge is 0.492 e. The zero-order chi connectivity index (χ0) is 15.4. The lowest BCUT2D eigenvalue weighted by Gasteiger charge is -2.08. The molecule has 22 heavy (non-hydrogen) atoms. The summed E-state index contributed by atoms with van der Waals surface area (Å²) in [7, 11) is 0. The van der Waals surface area contributed by atoms with Gasteiger partial charge in [-0.1, -0.05) is 6.07 Å². The van der Waals surface area contributed by atoms with Crippen LogP contribution in [-0.2, 0) is 6.54 Å². The molecule has 0 atom stereocenters. The van der Waals surface area contributed by atoms with Crippen LogP contribution < -0.4 is 10.5 Å². The van der Waals surface area contributed by atoms with E-state index in [1.807, 2.05) is 12.1 Å². The van der Waals surface area contributed by atoms with Gasteiger partial charge in [0.15, 0.2) is 5.82 Å². The Kier molecular flexibility index (Phi) is 3.95. The molecule has 1 aromatic heterocycles. The number of anilines is 1. The molecule has 0 aliphatic heterocycles. The number of hydrogen-bond donors (Lipinski definition) is 1. The van der Waals surface area contributed by atoms with E-state index in [9.17, 15) is 4.39 Å². The number of tetrazole rings is 1. The van der Waals surface area contributed by atoms with Crippen LogP contribution in [0.5, 0.6) is 5.75 Å². The van der Waals surface area contributed by atoms with E-state index in [1.54, 1.807) is 28.9 Å². The Labute approximate surface area is 126 Å². The van der Waals surface area contributed by atoms with Crippen molar-refractivity contribution < 1.29 is 9.13 Å². The summed E-state index contributed by atoms with van der Waals surface area (Å²) in [5.74, 6) is 0.959. The van der Waals surface area contributed by atoms with Crippen molar-refractivity contribution >= 4 is 5.69 Å². The molecule has 3 rings (SSSR count). The fourth-order valence-electron chi connectivity index (χ4n) is 2.02. The van der Waals surface area contributed by atoms with Gasteiger partial charge in [0.05, 0.1) is 6.54 Å². The standard InChI is InChI=1S/C15H14FN5O/c16-12-6-4-11(5-7-12)15-18-19-20-21(15)8-9-22-14-3-1-2-13(17)10-14/h1-7,10H,8-9,17H2. The van der Waals surface area contributed by atoms with Crippen molar-refractivity contribution in [2.75, 3.05) is 12.3 Å². The van der Waals surface area contributed by atoms with Crippen molar-refractivity contribution in [2.45, 2.75) is 6.54 Å². The molecule has 0 spiro atoms. The lowest BCUT2D eigenvalue weighted by atomic mass is 10.2. The van der Waals surface area contributed by atoms with Gasteiger partial charge in [-0.25, -0.2) is 9.07 Å². The predicted octanol–water partition coefficient (Wildman–Crippen LogP) is 2.14. The average molecular weight is 299 g/mol. The fourth-order valence-corrected chi connectivity index (χ4v) is 2.02. The van der Waals surface area contributed by atoms with Crippen molar-refractivity contribution in [1.29, 1.82) is 0 Å². The highest BCUT2D eigenvalue weighted by atomic mass is 19.1. The smallest absolute Gasteiger partial charge is 0.182 e. The van der Waals surface area contributed by atoms with Gasteiger partial charge in [-0.05, 0) is 46.8 Å². The summed E-state index contributed by atoms with van der Waals surface area (Å²) in [6, 6.07) is 13.2. The Morgan fingerprint density at radius 1 is 1.14 bits per heavy atom. The van der Waals surface area contributed by atoms with Gasteiger partial charge in [0, 0.05) is 17.3 Å². The molecule has 112 valence electrons. The van der Waals surface area contributed by atoms with Crippen LogP contribution >= 0.6 is 0 Å². The minimum absolute atomic E-state index is 0.298. The fraction of sp³-hybridized carbons (Fsp3) is 0.133. The summed E-state index contributed by atoms with van der Waals surface area (Å²) in [4.78, 5) is 0. The van der Waals surface area contributed by atoms with Crippen LogP contribution in [0.2, 0.25) is 0 Å². The summed E-state index contributed by atoms with van der Waals surface area (Å²) in [5, 5.41) is 11.5. The number of hydrogen-bond acceptors (Lipinski definition) is 5. The van der Waals surface area contributed by atoms with E-state index in [4.69, 9.17) is 10.5 Å². The van der Waals surface area contributed by atoms with Crippen LogP contribution in [0.1, 0.15) is 0 Å². The Morgan fingerprint density at radius 2 is 1.95 bits per heavy atom. The van der Waals surface area contributed by atoms with E-state index >= 15 is 0 Å². The normalized spacial score (nSPS) is 10.6. The summed E-state index contributed by atoms with van der Waals surface area (Å²) in [6.07, 6.45) is 0. The number of rotatable bonds is 5. The third kappa shape index (κ3) is 3.20. The molecular weight excluding hydrogens is 285 g/mol. The van der Waals surface area contributed by atoms with Crippen molar-refractivity contribution in [3.8, 4) is 17.1 Å². The monoisotopic (exact) mass is 299 g/mol. The first kappa shape index (κ1) is 14.0. The summed E-state index contributed by atoms with van der Waals surface area (Å²) in [5.41, 5.74) is 7.08. The molecule has 6 nitrogen and oxygen atoms in total. The topological polar surface area (TPSA) is 78.9 Å². The van der Waals surface area contributed by atoms with Gasteiger partial charge in [0.2, 0.25) is 0 Å². The SMILES string of the molecule is Nc1cccc(OCCn2nnnc2-c2ccc(F)cc2)c1. The second-order valence-electron chi connectivity index (χ2n) is 4.65. The van der Waals surface area contributed by atoms with Gasteiger partial charge in [-0.3, -0.25) is 0 Å². The number of nitrogens with zero attached hydrogens (tertiary/aromatic N) is 4. The summed E-state index contributed by atoms with van der Waals surface area (Å²) < 4.78 is 20.2. The van der Waals surface area contributed by atoms with Gasteiger partial charge in [0.25, 0.3) is 0 Å². The molecular formula is C15H14FN5O. The van der Waals surface area contributed by atoms with Crippen LogP contribution in [0.15, 0.2) is 48.5 Å². The molecule has 0 saturated heterocycles. The predicted molar refractivity (Wildman–Crippen MR) is 79.6 cm³/mol.